The van der Waals surface area contributed by atoms with E-state index in [1.807, 2.05) is 35.2 Å². The van der Waals surface area contributed by atoms with E-state index < -0.39 is 0 Å². The topological polar surface area (TPSA) is 36.1 Å². The molecule has 0 bridgehead atoms. The molecule has 2 heterocycles. The number of aromatic nitrogens is 1. The third-order valence-electron chi connectivity index (χ3n) is 5.74. The second-order valence-corrected chi connectivity index (χ2v) is 7.50. The Morgan fingerprint density at radius 2 is 1.75 bits per heavy atom. The number of aryl methyl sites for hydroxylation is 1. The van der Waals surface area contributed by atoms with Crippen molar-refractivity contribution in [3.05, 3.63) is 95.2 Å². The van der Waals surface area contributed by atoms with E-state index in [0.717, 1.165) is 24.0 Å². The van der Waals surface area contributed by atoms with Gasteiger partial charge in [-0.1, -0.05) is 48.5 Å². The van der Waals surface area contributed by atoms with Gasteiger partial charge in [0, 0.05) is 47.2 Å². The Hall–Kier alpha value is -3.33. The van der Waals surface area contributed by atoms with Crippen molar-refractivity contribution in [1.82, 2.24) is 9.88 Å². The molecule has 0 saturated carbocycles. The van der Waals surface area contributed by atoms with Gasteiger partial charge in [-0.2, -0.15) is 0 Å². The fraction of sp³-hybridized carbons (Fsp3) is 0.160. The molecule has 1 aliphatic rings. The molecule has 0 aliphatic carbocycles. The van der Waals surface area contributed by atoms with E-state index in [2.05, 4.69) is 54.4 Å². The SMILES string of the molecule is Cc1ccccc1-c1ccc2[nH]c3c(c2c1)CN(C(=O)c1ccccc1)CC3. The number of nitrogens with zero attached hydrogens (tertiary/aromatic N) is 1. The molecule has 5 rings (SSSR count). The van der Waals surface area contributed by atoms with Crippen LogP contribution in [0.15, 0.2) is 72.8 Å². The zero-order valence-corrected chi connectivity index (χ0v) is 15.9. The molecule has 3 nitrogen and oxygen atoms in total. The van der Waals surface area contributed by atoms with Crippen LogP contribution in [0.5, 0.6) is 0 Å². The van der Waals surface area contributed by atoms with E-state index in [9.17, 15) is 4.79 Å². The highest BCUT2D eigenvalue weighted by atomic mass is 16.2. The first-order valence-corrected chi connectivity index (χ1v) is 9.74. The van der Waals surface area contributed by atoms with Gasteiger partial charge in [-0.3, -0.25) is 4.79 Å². The highest BCUT2D eigenvalue weighted by Gasteiger charge is 2.25. The number of amides is 1. The zero-order chi connectivity index (χ0) is 19.1. The molecule has 1 aromatic heterocycles. The summed E-state index contributed by atoms with van der Waals surface area (Å²) in [7, 11) is 0. The lowest BCUT2D eigenvalue weighted by atomic mass is 9.97. The number of nitrogens with one attached hydrogen (secondary N) is 1. The number of hydrogen-bond acceptors (Lipinski definition) is 1. The number of fused-ring (bicyclic) bond motifs is 3. The zero-order valence-electron chi connectivity index (χ0n) is 15.9. The summed E-state index contributed by atoms with van der Waals surface area (Å²) in [5.41, 5.74) is 8.16. The molecule has 0 fully saturated rings. The van der Waals surface area contributed by atoms with E-state index in [4.69, 9.17) is 0 Å². The van der Waals surface area contributed by atoms with Crippen LogP contribution < -0.4 is 0 Å². The molecule has 1 N–H and O–H groups in total. The maximum absolute atomic E-state index is 12.9. The van der Waals surface area contributed by atoms with E-state index in [-0.39, 0.29) is 5.91 Å². The highest BCUT2D eigenvalue weighted by Crippen LogP contribution is 2.32. The number of hydrogen-bond donors (Lipinski definition) is 1. The minimum absolute atomic E-state index is 0.107. The lowest BCUT2D eigenvalue weighted by Crippen LogP contribution is -2.35. The second-order valence-electron chi connectivity index (χ2n) is 7.50. The Labute approximate surface area is 164 Å². The fourth-order valence-corrected chi connectivity index (χ4v) is 4.22. The predicted molar refractivity (Wildman–Crippen MR) is 113 cm³/mol. The Balaban J connectivity index is 1.54. The monoisotopic (exact) mass is 366 g/mol. The fourth-order valence-electron chi connectivity index (χ4n) is 4.22. The standard InChI is InChI=1S/C25H22N2O/c1-17-7-5-6-10-20(17)19-11-12-23-21(15-19)22-16-27(14-13-24(22)26-23)25(28)18-8-3-2-4-9-18/h2-12,15,26H,13-14,16H2,1H3. The quantitative estimate of drug-likeness (QED) is 0.511. The molecule has 1 aliphatic heterocycles. The van der Waals surface area contributed by atoms with Gasteiger partial charge in [-0.05, 0) is 47.9 Å². The Morgan fingerprint density at radius 1 is 0.964 bits per heavy atom. The van der Waals surface area contributed by atoms with Crippen LogP contribution in [-0.4, -0.2) is 22.3 Å². The van der Waals surface area contributed by atoms with Gasteiger partial charge in [0.15, 0.2) is 0 Å². The van der Waals surface area contributed by atoms with Crippen LogP contribution in [0, 0.1) is 6.92 Å². The lowest BCUT2D eigenvalue weighted by Gasteiger charge is -2.27. The summed E-state index contributed by atoms with van der Waals surface area (Å²) in [5, 5.41) is 1.22. The lowest BCUT2D eigenvalue weighted by molar-refractivity contribution is 0.0735. The van der Waals surface area contributed by atoms with E-state index >= 15 is 0 Å². The molecule has 0 spiro atoms. The maximum atomic E-state index is 12.9. The van der Waals surface area contributed by atoms with Crippen molar-refractivity contribution in [2.75, 3.05) is 6.54 Å². The number of H-pyrrole nitrogens is 1. The van der Waals surface area contributed by atoms with Crippen molar-refractivity contribution in [3.63, 3.8) is 0 Å². The van der Waals surface area contributed by atoms with Crippen LogP contribution in [0.25, 0.3) is 22.0 Å². The molecule has 0 unspecified atom stereocenters. The van der Waals surface area contributed by atoms with Crippen molar-refractivity contribution in [2.45, 2.75) is 19.9 Å². The molecule has 3 aromatic carbocycles. The van der Waals surface area contributed by atoms with Gasteiger partial charge in [0.2, 0.25) is 0 Å². The molecular formula is C25H22N2O. The van der Waals surface area contributed by atoms with Crippen LogP contribution in [0.2, 0.25) is 0 Å². The summed E-state index contributed by atoms with van der Waals surface area (Å²) in [6, 6.07) is 24.6. The van der Waals surface area contributed by atoms with Crippen LogP contribution in [0.3, 0.4) is 0 Å². The van der Waals surface area contributed by atoms with Crippen molar-refractivity contribution < 1.29 is 4.79 Å². The van der Waals surface area contributed by atoms with Gasteiger partial charge in [-0.25, -0.2) is 0 Å². The van der Waals surface area contributed by atoms with E-state index in [1.165, 1.54) is 33.3 Å². The van der Waals surface area contributed by atoms with Crippen molar-refractivity contribution in [2.24, 2.45) is 0 Å². The molecule has 0 radical (unpaired) electrons. The van der Waals surface area contributed by atoms with Gasteiger partial charge in [0.25, 0.3) is 5.91 Å². The first kappa shape index (κ1) is 16.8. The van der Waals surface area contributed by atoms with Crippen molar-refractivity contribution in [3.8, 4) is 11.1 Å². The van der Waals surface area contributed by atoms with Crippen LogP contribution in [0.1, 0.15) is 27.2 Å². The normalized spacial score (nSPS) is 13.5. The first-order valence-electron chi connectivity index (χ1n) is 9.74. The minimum atomic E-state index is 0.107. The van der Waals surface area contributed by atoms with Crippen LogP contribution in [-0.2, 0) is 13.0 Å². The maximum Gasteiger partial charge on any atom is 0.254 e. The van der Waals surface area contributed by atoms with Gasteiger partial charge in [-0.15, -0.1) is 0 Å². The summed E-state index contributed by atoms with van der Waals surface area (Å²) >= 11 is 0. The number of benzene rings is 3. The summed E-state index contributed by atoms with van der Waals surface area (Å²) in [6.45, 7) is 3.55. The largest absolute Gasteiger partial charge is 0.358 e. The summed E-state index contributed by atoms with van der Waals surface area (Å²) in [5.74, 6) is 0.107. The number of carbonyl (C=O) groups excluding carboxylic acids is 1. The number of rotatable bonds is 2. The predicted octanol–water partition coefficient (Wildman–Crippen LogP) is 5.34. The molecule has 28 heavy (non-hydrogen) atoms. The molecule has 4 aromatic rings. The molecule has 1 amide bonds. The van der Waals surface area contributed by atoms with Crippen LogP contribution in [0.4, 0.5) is 0 Å². The average molecular weight is 366 g/mol. The third-order valence-corrected chi connectivity index (χ3v) is 5.74. The Morgan fingerprint density at radius 3 is 2.57 bits per heavy atom. The average Bonchev–Trinajstić information content (AvgIpc) is 3.11. The van der Waals surface area contributed by atoms with Gasteiger partial charge < -0.3 is 9.88 Å². The first-order chi connectivity index (χ1) is 13.7. The minimum Gasteiger partial charge on any atom is -0.358 e. The number of aromatic amines is 1. The van der Waals surface area contributed by atoms with Crippen molar-refractivity contribution >= 4 is 16.8 Å². The smallest absolute Gasteiger partial charge is 0.254 e. The summed E-state index contributed by atoms with van der Waals surface area (Å²) in [6.07, 6.45) is 0.863. The Kier molecular flexibility index (Phi) is 4.01. The highest BCUT2D eigenvalue weighted by molar-refractivity contribution is 5.95. The van der Waals surface area contributed by atoms with E-state index in [1.54, 1.807) is 0 Å². The van der Waals surface area contributed by atoms with E-state index in [0.29, 0.717) is 6.54 Å². The summed E-state index contributed by atoms with van der Waals surface area (Å²) in [4.78, 5) is 18.5. The summed E-state index contributed by atoms with van der Waals surface area (Å²) < 4.78 is 0. The molecule has 0 saturated heterocycles. The molecular weight excluding hydrogens is 344 g/mol. The van der Waals surface area contributed by atoms with Gasteiger partial charge >= 0.3 is 0 Å². The van der Waals surface area contributed by atoms with Crippen molar-refractivity contribution in [1.29, 1.82) is 0 Å². The van der Waals surface area contributed by atoms with Crippen LogP contribution >= 0.6 is 0 Å². The third kappa shape index (κ3) is 2.80. The molecule has 3 heteroatoms. The Bertz CT molecular complexity index is 1170. The van der Waals surface area contributed by atoms with Gasteiger partial charge in [0.1, 0.15) is 0 Å². The second kappa shape index (κ2) is 6.68. The molecule has 0 atom stereocenters. The molecule has 138 valence electrons. The number of carbonyl (C=O) groups is 1. The van der Waals surface area contributed by atoms with Gasteiger partial charge in [0.05, 0.1) is 0 Å².